The predicted molar refractivity (Wildman–Crippen MR) is 155 cm³/mol. The average Bonchev–Trinajstić information content (AvgIpc) is 3.40. The molecule has 10 nitrogen and oxygen atoms in total. The molecule has 2 atom stereocenters. The van der Waals surface area contributed by atoms with Gasteiger partial charge in [-0.3, -0.25) is 9.20 Å². The number of piperidine rings is 1. The van der Waals surface area contributed by atoms with Crippen LogP contribution in [-0.4, -0.2) is 68.4 Å². The number of rotatable bonds is 6. The lowest BCUT2D eigenvalue weighted by Gasteiger charge is -2.40. The fourth-order valence-electron chi connectivity index (χ4n) is 6.37. The molecule has 2 aliphatic heterocycles. The number of carboxylic acids is 1. The lowest BCUT2D eigenvalue weighted by Crippen LogP contribution is -2.52. The third kappa shape index (κ3) is 5.68. The van der Waals surface area contributed by atoms with Gasteiger partial charge in [0, 0.05) is 43.9 Å². The molecule has 46 heavy (non-hydrogen) atoms. The minimum atomic E-state index is -4.75. The maximum Gasteiger partial charge on any atom is 0.452 e. The lowest BCUT2D eigenvalue weighted by molar-refractivity contribution is -0.145. The van der Waals surface area contributed by atoms with Gasteiger partial charge in [-0.2, -0.15) is 17.5 Å². The number of aromatic nitrogens is 4. The van der Waals surface area contributed by atoms with Gasteiger partial charge in [0.25, 0.3) is 5.92 Å². The van der Waals surface area contributed by atoms with Crippen molar-refractivity contribution in [3.8, 4) is 0 Å². The van der Waals surface area contributed by atoms with Crippen molar-refractivity contribution < 1.29 is 40.3 Å². The van der Waals surface area contributed by atoms with Crippen LogP contribution in [0.3, 0.4) is 0 Å². The quantitative estimate of drug-likeness (QED) is 0.280. The van der Waals surface area contributed by atoms with Gasteiger partial charge in [0.1, 0.15) is 10.7 Å². The number of aliphatic carboxylic acids is 1. The summed E-state index contributed by atoms with van der Waals surface area (Å²) >= 11 is 0. The van der Waals surface area contributed by atoms with Gasteiger partial charge in [0.2, 0.25) is 15.8 Å². The second-order valence-electron chi connectivity index (χ2n) is 11.7. The lowest BCUT2D eigenvalue weighted by atomic mass is 9.85. The molecule has 2 aliphatic rings. The van der Waals surface area contributed by atoms with Gasteiger partial charge >= 0.3 is 12.1 Å². The molecular formula is C30H29F5N6O4S. The van der Waals surface area contributed by atoms with E-state index in [1.807, 2.05) is 0 Å². The molecule has 1 N–H and O–H groups in total. The Kier molecular flexibility index (Phi) is 7.78. The molecule has 16 heteroatoms. The molecule has 0 unspecified atom stereocenters. The average molecular weight is 665 g/mol. The number of benzene rings is 1. The zero-order valence-corrected chi connectivity index (χ0v) is 25.5. The zero-order valence-electron chi connectivity index (χ0n) is 24.7. The molecule has 0 saturated carbocycles. The Morgan fingerprint density at radius 1 is 1.15 bits per heavy atom. The zero-order chi connectivity index (χ0) is 33.2. The Morgan fingerprint density at radius 3 is 2.63 bits per heavy atom. The summed E-state index contributed by atoms with van der Waals surface area (Å²) < 4.78 is 99.3. The highest BCUT2D eigenvalue weighted by atomic mass is 32.2. The van der Waals surface area contributed by atoms with Crippen molar-refractivity contribution in [3.05, 3.63) is 82.4 Å². The molecule has 0 aliphatic carbocycles. The standard InChI is InChI=1S/C30H29F5N6O4S/c1-17-5-6-19(23(13-25(42)43)22-8-11-40-26(18(22)2)37-38-28(40)30(33,34)35)12-20(17)14-39-15-21-7-9-29(31,32)16-41(21)27-24(46(39,44)45)4-3-10-36-27/h3-6,8,10-12,21,23H,7,9,13-16H2,1-2H3,(H,42,43)/t21-,23+/m1/s1. The Bertz CT molecular complexity index is 1950. The number of nitrogens with zero attached hydrogens (tertiary/aromatic N) is 6. The van der Waals surface area contributed by atoms with Gasteiger partial charge < -0.3 is 10.0 Å². The minimum absolute atomic E-state index is 0.0191. The highest BCUT2D eigenvalue weighted by molar-refractivity contribution is 7.89. The fourth-order valence-corrected chi connectivity index (χ4v) is 7.97. The molecule has 5 heterocycles. The molecule has 244 valence electrons. The molecule has 4 aromatic rings. The number of sulfonamides is 1. The largest absolute Gasteiger partial charge is 0.481 e. The Morgan fingerprint density at radius 2 is 1.91 bits per heavy atom. The van der Waals surface area contributed by atoms with Crippen LogP contribution in [-0.2, 0) is 27.5 Å². The van der Waals surface area contributed by atoms with Crippen LogP contribution in [0.4, 0.5) is 27.8 Å². The predicted octanol–water partition coefficient (Wildman–Crippen LogP) is 5.18. The second-order valence-corrected chi connectivity index (χ2v) is 13.7. The molecule has 0 radical (unpaired) electrons. The molecule has 1 saturated heterocycles. The van der Waals surface area contributed by atoms with Gasteiger partial charge in [0.05, 0.1) is 13.0 Å². The molecule has 0 bridgehead atoms. The third-order valence-electron chi connectivity index (χ3n) is 8.74. The van der Waals surface area contributed by atoms with E-state index < -0.39 is 65.3 Å². The van der Waals surface area contributed by atoms with Gasteiger partial charge in [-0.25, -0.2) is 22.2 Å². The molecular weight excluding hydrogens is 635 g/mol. The number of hydrogen-bond donors (Lipinski definition) is 1. The number of fused-ring (bicyclic) bond motifs is 4. The third-order valence-corrected chi connectivity index (χ3v) is 10.6. The molecule has 1 aromatic carbocycles. The molecule has 0 spiro atoms. The molecule has 1 fully saturated rings. The van der Waals surface area contributed by atoms with Crippen LogP contribution >= 0.6 is 0 Å². The van der Waals surface area contributed by atoms with Crippen LogP contribution in [0, 0.1) is 13.8 Å². The number of alkyl halides is 5. The van der Waals surface area contributed by atoms with E-state index in [-0.39, 0.29) is 35.9 Å². The van der Waals surface area contributed by atoms with Crippen molar-refractivity contribution in [2.75, 3.05) is 18.0 Å². The van der Waals surface area contributed by atoms with Crippen LogP contribution in [0.15, 0.2) is 53.7 Å². The number of pyridine rings is 2. The summed E-state index contributed by atoms with van der Waals surface area (Å²) in [5, 5.41) is 16.8. The molecule has 0 amide bonds. The van der Waals surface area contributed by atoms with E-state index in [1.54, 1.807) is 25.1 Å². The van der Waals surface area contributed by atoms with Crippen molar-refractivity contribution in [1.29, 1.82) is 0 Å². The highest BCUT2D eigenvalue weighted by Crippen LogP contribution is 2.40. The van der Waals surface area contributed by atoms with Crippen molar-refractivity contribution in [1.82, 2.24) is 23.9 Å². The van der Waals surface area contributed by atoms with Crippen molar-refractivity contribution >= 4 is 27.5 Å². The molecule has 3 aromatic heterocycles. The summed E-state index contributed by atoms with van der Waals surface area (Å²) in [6.07, 6.45) is -2.98. The van der Waals surface area contributed by atoms with Crippen molar-refractivity contribution in [2.45, 2.75) is 68.6 Å². The van der Waals surface area contributed by atoms with Crippen LogP contribution in [0.5, 0.6) is 0 Å². The second kappa shape index (κ2) is 11.3. The van der Waals surface area contributed by atoms with E-state index in [0.717, 1.165) is 10.6 Å². The number of anilines is 1. The van der Waals surface area contributed by atoms with Crippen LogP contribution in [0.2, 0.25) is 0 Å². The summed E-state index contributed by atoms with van der Waals surface area (Å²) in [5.41, 5.74) is 2.42. The van der Waals surface area contributed by atoms with Gasteiger partial charge in [0.15, 0.2) is 5.65 Å². The van der Waals surface area contributed by atoms with Gasteiger partial charge in [-0.05, 0) is 66.3 Å². The summed E-state index contributed by atoms with van der Waals surface area (Å²) in [5.74, 6) is -6.21. The molecule has 6 rings (SSSR count). The summed E-state index contributed by atoms with van der Waals surface area (Å²) in [4.78, 5) is 17.4. The van der Waals surface area contributed by atoms with E-state index in [0.29, 0.717) is 27.8 Å². The smallest absolute Gasteiger partial charge is 0.452 e. The van der Waals surface area contributed by atoms with E-state index in [9.17, 15) is 40.3 Å². The Labute approximate surface area is 260 Å². The first-order valence-electron chi connectivity index (χ1n) is 14.4. The highest BCUT2D eigenvalue weighted by Gasteiger charge is 2.46. The number of carbonyl (C=O) groups is 1. The summed E-state index contributed by atoms with van der Waals surface area (Å²) in [7, 11) is -4.19. The minimum Gasteiger partial charge on any atom is -0.481 e. The van der Waals surface area contributed by atoms with E-state index >= 15 is 0 Å². The fraction of sp³-hybridized carbons (Fsp3) is 0.400. The Hall–Kier alpha value is -4.18. The van der Waals surface area contributed by atoms with Gasteiger partial charge in [-0.1, -0.05) is 18.2 Å². The monoisotopic (exact) mass is 664 g/mol. The number of hydrogen-bond acceptors (Lipinski definition) is 7. The van der Waals surface area contributed by atoms with E-state index in [1.165, 1.54) is 40.5 Å². The number of halogens is 5. The topological polar surface area (TPSA) is 121 Å². The van der Waals surface area contributed by atoms with Crippen LogP contribution in [0.1, 0.15) is 58.8 Å². The summed E-state index contributed by atoms with van der Waals surface area (Å²) in [6.45, 7) is 2.45. The van der Waals surface area contributed by atoms with Gasteiger partial charge in [-0.15, -0.1) is 10.2 Å². The van der Waals surface area contributed by atoms with Crippen molar-refractivity contribution in [3.63, 3.8) is 0 Å². The van der Waals surface area contributed by atoms with Crippen LogP contribution in [0.25, 0.3) is 5.65 Å². The Balaban J connectivity index is 1.40. The normalized spacial score (nSPS) is 20.2. The number of aryl methyl sites for hydroxylation is 2. The number of carboxylic acid groups (broad SMARTS) is 1. The SMILES string of the molecule is Cc1ccc([C@H](CC(=O)O)c2ccn3c(C(F)(F)F)nnc3c2C)cc1CN1C[C@H]2CCC(F)(F)CN2c2ncccc2S1(=O)=O. The maximum atomic E-state index is 14.5. The van der Waals surface area contributed by atoms with Crippen molar-refractivity contribution in [2.24, 2.45) is 0 Å². The van der Waals surface area contributed by atoms with E-state index in [4.69, 9.17) is 0 Å². The van der Waals surface area contributed by atoms with Crippen LogP contribution < -0.4 is 4.90 Å². The first-order valence-corrected chi connectivity index (χ1v) is 15.8. The first-order chi connectivity index (χ1) is 21.6. The van der Waals surface area contributed by atoms with E-state index in [2.05, 4.69) is 15.2 Å². The maximum absolute atomic E-state index is 14.5. The summed E-state index contributed by atoms with van der Waals surface area (Å²) in [6, 6.07) is 8.75. The first kappa shape index (κ1) is 31.8.